The molecule has 8 heteroatoms. The van der Waals surface area contributed by atoms with E-state index in [4.69, 9.17) is 9.94 Å². The highest BCUT2D eigenvalue weighted by molar-refractivity contribution is 6.02. The zero-order valence-corrected chi connectivity index (χ0v) is 22.9. The predicted octanol–water partition coefficient (Wildman–Crippen LogP) is 7.55. The maximum Gasteiger partial charge on any atom is 0.416 e. The molecule has 0 amide bonds. The minimum atomic E-state index is -4.39. The lowest BCUT2D eigenvalue weighted by atomic mass is 9.81. The molecule has 0 unspecified atom stereocenters. The molecule has 2 aromatic rings. The number of nitrogens with zero attached hydrogens (tertiary/aromatic N) is 2. The van der Waals surface area contributed by atoms with E-state index in [2.05, 4.69) is 28.3 Å². The number of alkyl halides is 3. The van der Waals surface area contributed by atoms with Crippen molar-refractivity contribution >= 4 is 11.7 Å². The molecule has 39 heavy (non-hydrogen) atoms. The number of hydrogen-bond acceptors (Lipinski definition) is 4. The monoisotopic (exact) mass is 544 g/mol. The van der Waals surface area contributed by atoms with Crippen LogP contribution < -0.4 is 0 Å². The van der Waals surface area contributed by atoms with Gasteiger partial charge in [0.05, 0.1) is 17.2 Å². The second kappa shape index (κ2) is 13.0. The number of benzene rings is 2. The van der Waals surface area contributed by atoms with Crippen LogP contribution in [0.2, 0.25) is 0 Å². The highest BCUT2D eigenvalue weighted by atomic mass is 19.4. The van der Waals surface area contributed by atoms with Crippen LogP contribution >= 0.6 is 0 Å². The fourth-order valence-corrected chi connectivity index (χ4v) is 5.89. The van der Waals surface area contributed by atoms with Gasteiger partial charge in [0.25, 0.3) is 0 Å². The Morgan fingerprint density at radius 2 is 1.72 bits per heavy atom. The van der Waals surface area contributed by atoms with Crippen LogP contribution in [0.1, 0.15) is 98.1 Å². The summed E-state index contributed by atoms with van der Waals surface area (Å²) in [4.78, 5) is 18.8. The molecule has 0 aromatic heterocycles. The number of carboxylic acids is 1. The van der Waals surface area contributed by atoms with Gasteiger partial charge in [0.2, 0.25) is 0 Å². The predicted molar refractivity (Wildman–Crippen MR) is 146 cm³/mol. The van der Waals surface area contributed by atoms with Crippen molar-refractivity contribution in [1.29, 1.82) is 0 Å². The molecule has 1 N–H and O–H groups in total. The average molecular weight is 545 g/mol. The second-order valence-electron chi connectivity index (χ2n) is 10.6. The van der Waals surface area contributed by atoms with Crippen LogP contribution in [-0.2, 0) is 35.4 Å². The van der Waals surface area contributed by atoms with Gasteiger partial charge in [0, 0.05) is 25.2 Å². The van der Waals surface area contributed by atoms with Crippen LogP contribution in [-0.4, -0.2) is 34.8 Å². The van der Waals surface area contributed by atoms with E-state index in [1.807, 2.05) is 13.8 Å². The standard InChI is InChI=1S/C29H33F3N2O3.C2H6/c30-29(31,32)26-14-20(10-12-24(26)21-5-2-1-3-6-21)18-37-33-27-8-4-7-22-11-9-19(13-25(22)27)15-34-16-23(17-34)28(35)36;1-2/h9-14,21,23H,1-8,15-18H2,(H,35,36);1-2H3/b33-27+;. The van der Waals surface area contributed by atoms with Crippen molar-refractivity contribution in [3.8, 4) is 0 Å². The Balaban J connectivity index is 0.00000172. The van der Waals surface area contributed by atoms with Crippen molar-refractivity contribution in [2.75, 3.05) is 13.1 Å². The second-order valence-corrected chi connectivity index (χ2v) is 10.6. The lowest BCUT2D eigenvalue weighted by molar-refractivity contribution is -0.147. The van der Waals surface area contributed by atoms with Gasteiger partial charge >= 0.3 is 12.1 Å². The van der Waals surface area contributed by atoms with Crippen molar-refractivity contribution in [1.82, 2.24) is 4.90 Å². The normalized spacial score (nSPS) is 19.6. The van der Waals surface area contributed by atoms with E-state index < -0.39 is 17.7 Å². The van der Waals surface area contributed by atoms with Gasteiger partial charge in [0.1, 0.15) is 6.61 Å². The fraction of sp³-hybridized carbons (Fsp3) is 0.548. The zero-order valence-electron chi connectivity index (χ0n) is 22.9. The summed E-state index contributed by atoms with van der Waals surface area (Å²) in [6.45, 7) is 5.77. The highest BCUT2D eigenvalue weighted by Gasteiger charge is 2.36. The maximum absolute atomic E-state index is 13.9. The van der Waals surface area contributed by atoms with Crippen LogP contribution in [0.3, 0.4) is 0 Å². The smallest absolute Gasteiger partial charge is 0.416 e. The van der Waals surface area contributed by atoms with Gasteiger partial charge in [-0.1, -0.05) is 62.5 Å². The summed E-state index contributed by atoms with van der Waals surface area (Å²) in [7, 11) is 0. The lowest BCUT2D eigenvalue weighted by Crippen LogP contribution is -2.49. The van der Waals surface area contributed by atoms with E-state index in [-0.39, 0.29) is 18.4 Å². The SMILES string of the molecule is CC.O=C(O)C1CN(Cc2ccc3c(c2)/C(=N/OCc2ccc(C4CCCCC4)c(C(F)(F)F)c2)CCC3)C1. The summed E-state index contributed by atoms with van der Waals surface area (Å²) >= 11 is 0. The highest BCUT2D eigenvalue weighted by Crippen LogP contribution is 2.41. The molecule has 212 valence electrons. The number of hydrogen-bond donors (Lipinski definition) is 1. The molecule has 0 radical (unpaired) electrons. The van der Waals surface area contributed by atoms with Crippen LogP contribution in [0.25, 0.3) is 0 Å². The molecular weight excluding hydrogens is 505 g/mol. The largest absolute Gasteiger partial charge is 0.481 e. The minimum absolute atomic E-state index is 0.0170. The Hall–Kier alpha value is -2.87. The number of aliphatic carboxylic acids is 1. The van der Waals surface area contributed by atoms with Crippen LogP contribution in [0.5, 0.6) is 0 Å². The minimum Gasteiger partial charge on any atom is -0.481 e. The Kier molecular flexibility index (Phi) is 9.70. The van der Waals surface area contributed by atoms with Gasteiger partial charge in [-0.05, 0) is 72.4 Å². The molecule has 5 nitrogen and oxygen atoms in total. The molecule has 0 atom stereocenters. The van der Waals surface area contributed by atoms with Gasteiger partial charge in [-0.3, -0.25) is 9.69 Å². The molecule has 2 aliphatic carbocycles. The van der Waals surface area contributed by atoms with E-state index >= 15 is 0 Å². The number of halogens is 3. The molecular formula is C31H39F3N2O3. The van der Waals surface area contributed by atoms with Crippen molar-refractivity contribution < 1.29 is 27.9 Å². The van der Waals surface area contributed by atoms with Crippen molar-refractivity contribution in [3.05, 3.63) is 69.8 Å². The van der Waals surface area contributed by atoms with Gasteiger partial charge in [-0.25, -0.2) is 0 Å². The number of fused-ring (bicyclic) bond motifs is 1. The van der Waals surface area contributed by atoms with Crippen molar-refractivity contribution in [2.24, 2.45) is 11.1 Å². The summed E-state index contributed by atoms with van der Waals surface area (Å²) < 4.78 is 41.6. The Morgan fingerprint density at radius 1 is 1.00 bits per heavy atom. The summed E-state index contributed by atoms with van der Waals surface area (Å²) in [5, 5.41) is 13.4. The summed E-state index contributed by atoms with van der Waals surface area (Å²) in [5.41, 5.74) is 4.43. The average Bonchev–Trinajstić information content (AvgIpc) is 2.91. The Labute approximate surface area is 229 Å². The third-order valence-corrected chi connectivity index (χ3v) is 7.93. The van der Waals surface area contributed by atoms with Crippen molar-refractivity contribution in [2.45, 2.75) is 90.5 Å². The first-order valence-electron chi connectivity index (χ1n) is 14.2. The number of rotatable bonds is 7. The molecule has 0 spiro atoms. The molecule has 3 aliphatic rings. The van der Waals surface area contributed by atoms with Crippen LogP contribution in [0.4, 0.5) is 13.2 Å². The Morgan fingerprint density at radius 3 is 2.41 bits per heavy atom. The molecule has 1 saturated carbocycles. The number of carboxylic acid groups (broad SMARTS) is 1. The molecule has 1 aliphatic heterocycles. The lowest BCUT2D eigenvalue weighted by Gasteiger charge is -2.36. The number of likely N-dealkylation sites (tertiary alicyclic amines) is 1. The third kappa shape index (κ3) is 7.21. The molecule has 2 aromatic carbocycles. The Bertz CT molecular complexity index is 1170. The van der Waals surface area contributed by atoms with Crippen LogP contribution in [0, 0.1) is 5.92 Å². The molecule has 1 heterocycles. The first-order valence-corrected chi connectivity index (χ1v) is 14.2. The summed E-state index contributed by atoms with van der Waals surface area (Å²) in [6.07, 6.45) is 2.91. The molecule has 1 saturated heterocycles. The first-order chi connectivity index (χ1) is 18.8. The molecule has 0 bridgehead atoms. The van der Waals surface area contributed by atoms with Gasteiger partial charge in [-0.2, -0.15) is 13.2 Å². The van der Waals surface area contributed by atoms with E-state index in [0.29, 0.717) is 30.8 Å². The molecule has 2 fully saturated rings. The zero-order chi connectivity index (χ0) is 28.0. The first kappa shape index (κ1) is 29.1. The quantitative estimate of drug-likeness (QED) is 0.366. The topological polar surface area (TPSA) is 62.1 Å². The van der Waals surface area contributed by atoms with Gasteiger partial charge in [-0.15, -0.1) is 0 Å². The van der Waals surface area contributed by atoms with Gasteiger partial charge < -0.3 is 9.94 Å². The maximum atomic E-state index is 13.9. The number of carbonyl (C=O) groups is 1. The summed E-state index contributed by atoms with van der Waals surface area (Å²) in [5.74, 6) is -1.07. The van der Waals surface area contributed by atoms with E-state index in [0.717, 1.165) is 68.2 Å². The van der Waals surface area contributed by atoms with E-state index in [1.165, 1.54) is 11.6 Å². The third-order valence-electron chi connectivity index (χ3n) is 7.93. The summed E-state index contributed by atoms with van der Waals surface area (Å²) in [6, 6.07) is 10.9. The fourth-order valence-electron chi connectivity index (χ4n) is 5.89. The van der Waals surface area contributed by atoms with E-state index in [9.17, 15) is 18.0 Å². The van der Waals surface area contributed by atoms with Crippen LogP contribution in [0.15, 0.2) is 41.6 Å². The van der Waals surface area contributed by atoms with Crippen molar-refractivity contribution in [3.63, 3.8) is 0 Å². The van der Waals surface area contributed by atoms with Gasteiger partial charge in [0.15, 0.2) is 0 Å². The molecule has 5 rings (SSSR count). The number of aryl methyl sites for hydroxylation is 1. The number of oxime groups is 1. The van der Waals surface area contributed by atoms with E-state index in [1.54, 1.807) is 12.1 Å².